The fourth-order valence-corrected chi connectivity index (χ4v) is 2.23. The molecule has 1 N–H and O–H groups in total. The van der Waals surface area contributed by atoms with Gasteiger partial charge in [-0.15, -0.1) is 0 Å². The van der Waals surface area contributed by atoms with Crippen molar-refractivity contribution in [3.05, 3.63) is 35.9 Å². The maximum absolute atomic E-state index is 12.0. The summed E-state index contributed by atoms with van der Waals surface area (Å²) in [5.41, 5.74) is 1.13. The first kappa shape index (κ1) is 13.1. The Hall–Kier alpha value is -1.39. The molecule has 2 rings (SSSR count). The molecule has 0 aromatic heterocycles. The molecule has 2 atom stereocenters. The molecule has 1 aromatic rings. The van der Waals surface area contributed by atoms with E-state index in [0.29, 0.717) is 19.7 Å². The molecule has 1 heterocycles. The monoisotopic (exact) mass is 248 g/mol. The summed E-state index contributed by atoms with van der Waals surface area (Å²) in [6.45, 7) is 3.63. The first-order chi connectivity index (χ1) is 8.72. The topological polar surface area (TPSA) is 41.6 Å². The Morgan fingerprint density at radius 1 is 1.44 bits per heavy atom. The number of carbonyl (C=O) groups excluding carboxylic acids is 1. The van der Waals surface area contributed by atoms with Crippen LogP contribution in [0.25, 0.3) is 0 Å². The van der Waals surface area contributed by atoms with Crippen LogP contribution in [0.1, 0.15) is 18.6 Å². The minimum Gasteiger partial charge on any atom is -0.370 e. The molecule has 1 aliphatic rings. The molecule has 0 saturated carbocycles. The third-order valence-electron chi connectivity index (χ3n) is 3.25. The van der Waals surface area contributed by atoms with E-state index >= 15 is 0 Å². The van der Waals surface area contributed by atoms with Gasteiger partial charge in [0.15, 0.2) is 0 Å². The van der Waals surface area contributed by atoms with E-state index in [1.807, 2.05) is 42.2 Å². The molecule has 0 radical (unpaired) electrons. The minimum absolute atomic E-state index is 0.0109. The van der Waals surface area contributed by atoms with Gasteiger partial charge in [0.25, 0.3) is 0 Å². The van der Waals surface area contributed by atoms with Crippen molar-refractivity contribution in [1.29, 1.82) is 0 Å². The van der Waals surface area contributed by atoms with E-state index < -0.39 is 0 Å². The summed E-state index contributed by atoms with van der Waals surface area (Å²) in [6, 6.07) is 10.2. The molecule has 98 valence electrons. The number of nitrogens with one attached hydrogen (secondary N) is 1. The minimum atomic E-state index is -0.0109. The first-order valence-corrected chi connectivity index (χ1v) is 6.33. The summed E-state index contributed by atoms with van der Waals surface area (Å²) < 4.78 is 5.82. The Balaban J connectivity index is 2.07. The van der Waals surface area contributed by atoms with Crippen LogP contribution in [0.2, 0.25) is 0 Å². The zero-order valence-corrected chi connectivity index (χ0v) is 10.9. The number of nitrogens with zero attached hydrogens (tertiary/aromatic N) is 1. The highest BCUT2D eigenvalue weighted by molar-refractivity contribution is 5.78. The SMILES string of the molecule is CNCC(=O)N1CC(c2ccccc2)OCC1C. The largest absolute Gasteiger partial charge is 0.370 e. The molecule has 1 aliphatic heterocycles. The molecule has 0 aliphatic carbocycles. The normalized spacial score (nSPS) is 24.0. The van der Waals surface area contributed by atoms with Gasteiger partial charge in [-0.2, -0.15) is 0 Å². The number of benzene rings is 1. The number of hydrogen-bond donors (Lipinski definition) is 1. The van der Waals surface area contributed by atoms with E-state index in [4.69, 9.17) is 4.74 Å². The highest BCUT2D eigenvalue weighted by Crippen LogP contribution is 2.24. The van der Waals surface area contributed by atoms with Crippen LogP contribution in [-0.2, 0) is 9.53 Å². The summed E-state index contributed by atoms with van der Waals surface area (Å²) in [5.74, 6) is 0.134. The molecule has 4 heteroatoms. The van der Waals surface area contributed by atoms with Crippen molar-refractivity contribution < 1.29 is 9.53 Å². The van der Waals surface area contributed by atoms with E-state index in [9.17, 15) is 4.79 Å². The van der Waals surface area contributed by atoms with Gasteiger partial charge in [-0.25, -0.2) is 0 Å². The smallest absolute Gasteiger partial charge is 0.236 e. The highest BCUT2D eigenvalue weighted by atomic mass is 16.5. The molecule has 1 saturated heterocycles. The third-order valence-corrected chi connectivity index (χ3v) is 3.25. The van der Waals surface area contributed by atoms with Crippen LogP contribution in [0, 0.1) is 0 Å². The van der Waals surface area contributed by atoms with Crippen LogP contribution < -0.4 is 5.32 Å². The molecule has 1 amide bonds. The van der Waals surface area contributed by atoms with Crippen LogP contribution in [0.3, 0.4) is 0 Å². The van der Waals surface area contributed by atoms with Crippen LogP contribution >= 0.6 is 0 Å². The maximum atomic E-state index is 12.0. The number of amides is 1. The van der Waals surface area contributed by atoms with Crippen molar-refractivity contribution in [2.75, 3.05) is 26.7 Å². The van der Waals surface area contributed by atoms with Gasteiger partial charge in [0.05, 0.1) is 25.7 Å². The molecule has 0 spiro atoms. The third kappa shape index (κ3) is 2.89. The Kier molecular flexibility index (Phi) is 4.33. The van der Waals surface area contributed by atoms with Gasteiger partial charge in [-0.3, -0.25) is 4.79 Å². The Labute approximate surface area is 108 Å². The van der Waals surface area contributed by atoms with E-state index in [2.05, 4.69) is 5.32 Å². The van der Waals surface area contributed by atoms with E-state index in [-0.39, 0.29) is 18.1 Å². The van der Waals surface area contributed by atoms with Gasteiger partial charge in [-0.05, 0) is 19.5 Å². The summed E-state index contributed by atoms with van der Waals surface area (Å²) in [5, 5.41) is 2.91. The quantitative estimate of drug-likeness (QED) is 0.873. The van der Waals surface area contributed by atoms with Crippen molar-refractivity contribution in [2.24, 2.45) is 0 Å². The van der Waals surface area contributed by atoms with Gasteiger partial charge in [0.1, 0.15) is 6.10 Å². The lowest BCUT2D eigenvalue weighted by atomic mass is 10.1. The zero-order valence-electron chi connectivity index (χ0n) is 10.9. The van der Waals surface area contributed by atoms with Gasteiger partial charge in [0, 0.05) is 0 Å². The summed E-state index contributed by atoms with van der Waals surface area (Å²) >= 11 is 0. The number of morpholine rings is 1. The van der Waals surface area contributed by atoms with Crippen molar-refractivity contribution >= 4 is 5.91 Å². The zero-order chi connectivity index (χ0) is 13.0. The van der Waals surface area contributed by atoms with Gasteiger partial charge < -0.3 is 15.0 Å². The molecular formula is C14H20N2O2. The Morgan fingerprint density at radius 2 is 2.17 bits per heavy atom. The van der Waals surface area contributed by atoms with Crippen LogP contribution in [0.4, 0.5) is 0 Å². The lowest BCUT2D eigenvalue weighted by Crippen LogP contribution is -2.50. The number of rotatable bonds is 3. The fraction of sp³-hybridized carbons (Fsp3) is 0.500. The lowest BCUT2D eigenvalue weighted by Gasteiger charge is -2.38. The number of likely N-dealkylation sites (N-methyl/N-ethyl adjacent to an activating group) is 1. The standard InChI is InChI=1S/C14H20N2O2/c1-11-10-18-13(12-6-4-3-5-7-12)9-16(11)14(17)8-15-2/h3-7,11,13,15H,8-10H2,1-2H3. The maximum Gasteiger partial charge on any atom is 0.236 e. The van der Waals surface area contributed by atoms with Crippen LogP contribution in [0.15, 0.2) is 30.3 Å². The van der Waals surface area contributed by atoms with Crippen molar-refractivity contribution in [1.82, 2.24) is 10.2 Å². The second-order valence-electron chi connectivity index (χ2n) is 4.66. The molecule has 1 fully saturated rings. The second-order valence-corrected chi connectivity index (χ2v) is 4.66. The molecule has 1 aromatic carbocycles. The summed E-state index contributed by atoms with van der Waals surface area (Å²) in [6.07, 6.45) is -0.0109. The molecular weight excluding hydrogens is 228 g/mol. The Morgan fingerprint density at radius 3 is 2.83 bits per heavy atom. The van der Waals surface area contributed by atoms with Crippen LogP contribution in [-0.4, -0.2) is 43.6 Å². The molecule has 2 unspecified atom stereocenters. The van der Waals surface area contributed by atoms with Crippen molar-refractivity contribution in [3.63, 3.8) is 0 Å². The number of hydrogen-bond acceptors (Lipinski definition) is 3. The van der Waals surface area contributed by atoms with Gasteiger partial charge in [0.2, 0.25) is 5.91 Å². The van der Waals surface area contributed by atoms with Gasteiger partial charge in [-0.1, -0.05) is 30.3 Å². The number of carbonyl (C=O) groups is 1. The predicted octanol–water partition coefficient (Wildman–Crippen LogP) is 1.19. The van der Waals surface area contributed by atoms with Crippen LogP contribution in [0.5, 0.6) is 0 Å². The second kappa shape index (κ2) is 5.98. The van der Waals surface area contributed by atoms with E-state index in [1.54, 1.807) is 7.05 Å². The average Bonchev–Trinajstić information content (AvgIpc) is 2.40. The highest BCUT2D eigenvalue weighted by Gasteiger charge is 2.29. The van der Waals surface area contributed by atoms with Crippen molar-refractivity contribution in [2.45, 2.75) is 19.1 Å². The predicted molar refractivity (Wildman–Crippen MR) is 70.2 cm³/mol. The van der Waals surface area contributed by atoms with Gasteiger partial charge >= 0.3 is 0 Å². The van der Waals surface area contributed by atoms with E-state index in [1.165, 1.54) is 0 Å². The Bertz CT molecular complexity index is 394. The molecule has 4 nitrogen and oxygen atoms in total. The number of ether oxygens (including phenoxy) is 1. The fourth-order valence-electron chi connectivity index (χ4n) is 2.23. The average molecular weight is 248 g/mol. The van der Waals surface area contributed by atoms with E-state index in [0.717, 1.165) is 5.56 Å². The molecule has 18 heavy (non-hydrogen) atoms. The lowest BCUT2D eigenvalue weighted by molar-refractivity contribution is -0.143. The summed E-state index contributed by atoms with van der Waals surface area (Å²) in [4.78, 5) is 13.9. The molecule has 0 bridgehead atoms. The summed E-state index contributed by atoms with van der Waals surface area (Å²) in [7, 11) is 1.79. The first-order valence-electron chi connectivity index (χ1n) is 6.33. The van der Waals surface area contributed by atoms with Crippen molar-refractivity contribution in [3.8, 4) is 0 Å².